The summed E-state index contributed by atoms with van der Waals surface area (Å²) in [6, 6.07) is 3.37. The van der Waals surface area contributed by atoms with Gasteiger partial charge in [-0.15, -0.1) is 0 Å². The number of ether oxygens (including phenoxy) is 1. The molecule has 2 saturated carbocycles. The number of hydrogen-bond donors (Lipinski definition) is 0. The second-order valence-electron chi connectivity index (χ2n) is 10.7. The Balaban J connectivity index is 1.29. The summed E-state index contributed by atoms with van der Waals surface area (Å²) in [5, 5.41) is 0. The van der Waals surface area contributed by atoms with E-state index >= 15 is 0 Å². The Kier molecular flexibility index (Phi) is 8.66. The highest BCUT2D eigenvalue weighted by Crippen LogP contribution is 2.43. The van der Waals surface area contributed by atoms with Crippen molar-refractivity contribution in [3.63, 3.8) is 0 Å². The Morgan fingerprint density at radius 3 is 2.31 bits per heavy atom. The molecule has 0 saturated heterocycles. The average Bonchev–Trinajstić information content (AvgIpc) is 3.35. The molecule has 1 atom stereocenters. The molecule has 1 aromatic rings. The number of benzene rings is 1. The van der Waals surface area contributed by atoms with Crippen LogP contribution in [-0.2, 0) is 0 Å². The lowest BCUT2D eigenvalue weighted by molar-refractivity contribution is 0.187. The van der Waals surface area contributed by atoms with Crippen molar-refractivity contribution in [3.05, 3.63) is 35.4 Å². The van der Waals surface area contributed by atoms with Crippen LogP contribution < -0.4 is 4.74 Å². The van der Waals surface area contributed by atoms with E-state index in [9.17, 15) is 8.78 Å². The average molecular weight is 445 g/mol. The van der Waals surface area contributed by atoms with Crippen LogP contribution in [0.15, 0.2) is 18.2 Å². The molecule has 1 nitrogen and oxygen atoms in total. The summed E-state index contributed by atoms with van der Waals surface area (Å²) in [6.45, 7) is 2.78. The molecule has 3 aliphatic carbocycles. The predicted molar refractivity (Wildman–Crippen MR) is 129 cm³/mol. The molecule has 0 amide bonds. The first-order valence-corrected chi connectivity index (χ1v) is 13.5. The van der Waals surface area contributed by atoms with E-state index < -0.39 is 11.6 Å². The van der Waals surface area contributed by atoms with Crippen molar-refractivity contribution < 1.29 is 13.5 Å². The van der Waals surface area contributed by atoms with Gasteiger partial charge in [0.05, 0.1) is 6.61 Å². The summed E-state index contributed by atoms with van der Waals surface area (Å²) in [4.78, 5) is 0. The number of halogens is 2. The van der Waals surface area contributed by atoms with Crippen LogP contribution in [0.4, 0.5) is 8.78 Å². The van der Waals surface area contributed by atoms with Crippen molar-refractivity contribution in [1.29, 1.82) is 0 Å². The molecule has 1 unspecified atom stereocenters. The van der Waals surface area contributed by atoms with Crippen LogP contribution in [0.1, 0.15) is 109 Å². The minimum Gasteiger partial charge on any atom is -0.490 e. The first-order chi connectivity index (χ1) is 15.7. The Bertz CT molecular complexity index is 757. The zero-order chi connectivity index (χ0) is 22.3. The summed E-state index contributed by atoms with van der Waals surface area (Å²) >= 11 is 0. The van der Waals surface area contributed by atoms with Crippen LogP contribution in [0.2, 0.25) is 0 Å². The van der Waals surface area contributed by atoms with Gasteiger partial charge in [-0.3, -0.25) is 0 Å². The SMILES string of the molecule is CCCCCC1CCC(C2CC=C(c3ccc(OCC4CCCC4)c(F)c3F)CC2)CC1. The van der Waals surface area contributed by atoms with E-state index in [4.69, 9.17) is 4.74 Å². The molecular weight excluding hydrogens is 402 g/mol. The lowest BCUT2D eigenvalue weighted by atomic mass is 9.70. The normalized spacial score (nSPS) is 26.8. The van der Waals surface area contributed by atoms with Crippen LogP contribution in [-0.4, -0.2) is 6.61 Å². The van der Waals surface area contributed by atoms with Crippen LogP contribution >= 0.6 is 0 Å². The molecule has 0 N–H and O–H groups in total. The van der Waals surface area contributed by atoms with Crippen LogP contribution in [0.25, 0.3) is 5.57 Å². The van der Waals surface area contributed by atoms with Crippen molar-refractivity contribution in [3.8, 4) is 5.75 Å². The largest absolute Gasteiger partial charge is 0.490 e. The van der Waals surface area contributed by atoms with E-state index in [1.54, 1.807) is 12.1 Å². The Hall–Kier alpha value is -1.38. The predicted octanol–water partition coefficient (Wildman–Crippen LogP) is 9.10. The van der Waals surface area contributed by atoms with E-state index in [1.165, 1.54) is 64.2 Å². The molecule has 4 rings (SSSR count). The fourth-order valence-electron chi connectivity index (χ4n) is 6.43. The number of rotatable bonds is 9. The molecule has 0 aromatic heterocycles. The van der Waals surface area contributed by atoms with Crippen molar-refractivity contribution in [2.75, 3.05) is 6.61 Å². The Morgan fingerprint density at radius 1 is 0.844 bits per heavy atom. The van der Waals surface area contributed by atoms with Crippen LogP contribution in [0.5, 0.6) is 5.75 Å². The maximum absolute atomic E-state index is 14.9. The summed E-state index contributed by atoms with van der Waals surface area (Å²) in [5.74, 6) is 1.50. The first kappa shape index (κ1) is 23.8. The topological polar surface area (TPSA) is 9.23 Å². The van der Waals surface area contributed by atoms with Gasteiger partial charge in [0.1, 0.15) is 0 Å². The zero-order valence-corrected chi connectivity index (χ0v) is 20.0. The van der Waals surface area contributed by atoms with E-state index in [1.807, 2.05) is 0 Å². The van der Waals surface area contributed by atoms with Gasteiger partial charge in [0.25, 0.3) is 0 Å². The van der Waals surface area contributed by atoms with Crippen LogP contribution in [0, 0.1) is 35.3 Å². The fraction of sp³-hybridized carbons (Fsp3) is 0.724. The molecule has 0 bridgehead atoms. The number of unbranched alkanes of at least 4 members (excludes halogenated alkanes) is 2. The van der Waals surface area contributed by atoms with Gasteiger partial charge in [-0.2, -0.15) is 4.39 Å². The molecule has 3 aliphatic rings. The molecule has 0 aliphatic heterocycles. The molecule has 3 heteroatoms. The molecule has 0 heterocycles. The van der Waals surface area contributed by atoms with Gasteiger partial charge in [-0.05, 0) is 86.3 Å². The number of allylic oxidation sites excluding steroid dienone is 2. The third-order valence-electron chi connectivity index (χ3n) is 8.57. The van der Waals surface area contributed by atoms with Gasteiger partial charge in [-0.25, -0.2) is 4.39 Å². The monoisotopic (exact) mass is 444 g/mol. The minimum atomic E-state index is -0.815. The third-order valence-corrected chi connectivity index (χ3v) is 8.57. The molecule has 32 heavy (non-hydrogen) atoms. The van der Waals surface area contributed by atoms with Gasteiger partial charge in [-0.1, -0.05) is 64.4 Å². The Labute approximate surface area is 194 Å². The molecule has 0 radical (unpaired) electrons. The van der Waals surface area contributed by atoms with Gasteiger partial charge >= 0.3 is 0 Å². The fourth-order valence-corrected chi connectivity index (χ4v) is 6.43. The summed E-state index contributed by atoms with van der Waals surface area (Å²) < 4.78 is 35.2. The van der Waals surface area contributed by atoms with E-state index in [0.29, 0.717) is 18.1 Å². The zero-order valence-electron chi connectivity index (χ0n) is 20.0. The quantitative estimate of drug-likeness (QED) is 0.345. The summed E-state index contributed by atoms with van der Waals surface area (Å²) in [7, 11) is 0. The highest BCUT2D eigenvalue weighted by Gasteiger charge is 2.29. The van der Waals surface area contributed by atoms with E-state index in [-0.39, 0.29) is 5.75 Å². The molecule has 0 spiro atoms. The van der Waals surface area contributed by atoms with E-state index in [2.05, 4.69) is 13.0 Å². The van der Waals surface area contributed by atoms with Gasteiger partial charge in [0.15, 0.2) is 11.6 Å². The maximum Gasteiger partial charge on any atom is 0.201 e. The second-order valence-corrected chi connectivity index (χ2v) is 10.7. The molecule has 2 fully saturated rings. The molecule has 178 valence electrons. The maximum atomic E-state index is 14.9. The third kappa shape index (κ3) is 5.94. The van der Waals surface area contributed by atoms with Gasteiger partial charge < -0.3 is 4.74 Å². The van der Waals surface area contributed by atoms with Crippen molar-refractivity contribution in [1.82, 2.24) is 0 Å². The number of hydrogen-bond acceptors (Lipinski definition) is 1. The van der Waals surface area contributed by atoms with Crippen molar-refractivity contribution in [2.24, 2.45) is 23.7 Å². The highest BCUT2D eigenvalue weighted by molar-refractivity contribution is 5.67. The highest BCUT2D eigenvalue weighted by atomic mass is 19.2. The molecular formula is C29H42F2O. The summed E-state index contributed by atoms with van der Waals surface area (Å²) in [6.07, 6.45) is 20.9. The molecule has 1 aromatic carbocycles. The lowest BCUT2D eigenvalue weighted by Gasteiger charge is -2.35. The Morgan fingerprint density at radius 2 is 1.62 bits per heavy atom. The smallest absolute Gasteiger partial charge is 0.201 e. The van der Waals surface area contributed by atoms with Gasteiger partial charge in [0, 0.05) is 5.56 Å². The van der Waals surface area contributed by atoms with Crippen molar-refractivity contribution >= 4 is 5.57 Å². The minimum absolute atomic E-state index is 0.0723. The standard InChI is InChI=1S/C29H42F2O/c1-2-3-4-7-21-10-12-23(13-11-21)24-14-16-25(17-15-24)26-18-19-27(29(31)28(26)30)32-20-22-8-5-6-9-22/h16,18-19,21-24H,2-15,17,20H2,1H3. The summed E-state index contributed by atoms with van der Waals surface area (Å²) in [5.41, 5.74) is 1.42. The van der Waals surface area contributed by atoms with Crippen molar-refractivity contribution in [2.45, 2.75) is 103 Å². The van der Waals surface area contributed by atoms with Gasteiger partial charge in [0.2, 0.25) is 5.82 Å². The van der Waals surface area contributed by atoms with E-state index in [0.717, 1.165) is 55.4 Å². The second kappa shape index (κ2) is 11.7. The first-order valence-electron chi connectivity index (χ1n) is 13.5. The lowest BCUT2D eigenvalue weighted by Crippen LogP contribution is -2.23. The van der Waals surface area contributed by atoms with Crippen LogP contribution in [0.3, 0.4) is 0 Å².